The van der Waals surface area contributed by atoms with Crippen molar-refractivity contribution in [2.75, 3.05) is 6.54 Å². The van der Waals surface area contributed by atoms with Crippen LogP contribution in [0.2, 0.25) is 0 Å². The van der Waals surface area contributed by atoms with Gasteiger partial charge in [0.25, 0.3) is 5.91 Å². The van der Waals surface area contributed by atoms with Gasteiger partial charge < -0.3 is 15.0 Å². The van der Waals surface area contributed by atoms with Crippen molar-refractivity contribution < 1.29 is 14.3 Å². The van der Waals surface area contributed by atoms with Crippen molar-refractivity contribution in [3.63, 3.8) is 0 Å². The van der Waals surface area contributed by atoms with Gasteiger partial charge in [0.2, 0.25) is 0 Å². The summed E-state index contributed by atoms with van der Waals surface area (Å²) in [5.74, 6) is 0.370. The Bertz CT molecular complexity index is 1410. The Hall–Kier alpha value is -4.20. The lowest BCUT2D eigenvalue weighted by Gasteiger charge is -2.21. The number of para-hydroxylation sites is 1. The normalized spacial score (nSPS) is 13.2. The second-order valence-electron chi connectivity index (χ2n) is 9.62. The van der Waals surface area contributed by atoms with E-state index in [9.17, 15) is 9.59 Å². The molecule has 0 spiro atoms. The van der Waals surface area contributed by atoms with Gasteiger partial charge in [0.15, 0.2) is 5.75 Å². The summed E-state index contributed by atoms with van der Waals surface area (Å²) in [5, 5.41) is 8.02. The number of nitrogens with one attached hydrogen (secondary N) is 1. The minimum absolute atomic E-state index is 0.0252. The first-order valence-corrected chi connectivity index (χ1v) is 11.6. The van der Waals surface area contributed by atoms with E-state index in [1.807, 2.05) is 81.6 Å². The second kappa shape index (κ2) is 8.87. The first kappa shape index (κ1) is 22.6. The second-order valence-corrected chi connectivity index (χ2v) is 9.62. The third-order valence-corrected chi connectivity index (χ3v) is 5.83. The molecule has 0 bridgehead atoms. The number of ether oxygens (including phenoxy) is 1. The van der Waals surface area contributed by atoms with Gasteiger partial charge in [0.05, 0.1) is 16.9 Å². The van der Waals surface area contributed by atoms with Gasteiger partial charge in [-0.25, -0.2) is 14.5 Å². The van der Waals surface area contributed by atoms with Crippen LogP contribution >= 0.6 is 0 Å². The van der Waals surface area contributed by atoms with Gasteiger partial charge in [-0.05, 0) is 51.1 Å². The van der Waals surface area contributed by atoms with E-state index in [-0.39, 0.29) is 5.91 Å². The number of pyridine rings is 1. The lowest BCUT2D eigenvalue weighted by molar-refractivity contribution is 0.0779. The predicted octanol–water partition coefficient (Wildman–Crippen LogP) is 4.51. The van der Waals surface area contributed by atoms with Crippen LogP contribution in [0.4, 0.5) is 4.79 Å². The van der Waals surface area contributed by atoms with E-state index < -0.39 is 11.6 Å². The van der Waals surface area contributed by atoms with E-state index in [1.54, 1.807) is 15.8 Å². The molecule has 5 rings (SSSR count). The molecule has 0 fully saturated rings. The maximum Gasteiger partial charge on any atom is 0.413 e. The van der Waals surface area contributed by atoms with Crippen molar-refractivity contribution in [3.05, 3.63) is 83.8 Å². The number of hydrogen-bond acceptors (Lipinski definition) is 5. The summed E-state index contributed by atoms with van der Waals surface area (Å²) < 4.78 is 7.45. The number of aromatic nitrogens is 3. The summed E-state index contributed by atoms with van der Waals surface area (Å²) in [6.45, 7) is 6.60. The van der Waals surface area contributed by atoms with Gasteiger partial charge in [0, 0.05) is 54.0 Å². The topological polar surface area (TPSA) is 89.3 Å². The average molecular weight is 470 g/mol. The Labute approximate surface area is 203 Å². The van der Waals surface area contributed by atoms with E-state index >= 15 is 0 Å². The zero-order valence-corrected chi connectivity index (χ0v) is 20.0. The highest BCUT2D eigenvalue weighted by molar-refractivity contribution is 5.99. The highest BCUT2D eigenvalue weighted by atomic mass is 16.6. The quantitative estimate of drug-likeness (QED) is 0.465. The van der Waals surface area contributed by atoms with Crippen molar-refractivity contribution in [1.29, 1.82) is 0 Å². The molecule has 4 aromatic rings. The summed E-state index contributed by atoms with van der Waals surface area (Å²) >= 11 is 0. The molecule has 0 aliphatic carbocycles. The van der Waals surface area contributed by atoms with Crippen LogP contribution in [0.1, 0.15) is 42.4 Å². The Morgan fingerprint density at radius 2 is 1.94 bits per heavy atom. The van der Waals surface area contributed by atoms with E-state index in [2.05, 4.69) is 10.4 Å². The van der Waals surface area contributed by atoms with Gasteiger partial charge in [-0.2, -0.15) is 5.10 Å². The fourth-order valence-electron chi connectivity index (χ4n) is 4.26. The Kier molecular flexibility index (Phi) is 5.72. The molecule has 1 N–H and O–H groups in total. The summed E-state index contributed by atoms with van der Waals surface area (Å²) in [6.07, 6.45) is 3.49. The van der Waals surface area contributed by atoms with Gasteiger partial charge >= 0.3 is 6.09 Å². The standard InChI is InChI=1S/C27H27N5O3/c1-27(2,3)30-26(34)35-24-16-18-8-4-5-10-21(18)29-22(24)12-15-31-17-20-19(25(31)33)9-6-11-23(20)32-14-7-13-28-32/h4-11,13-14,16H,12,15,17H2,1-3H3,(H,30,34). The van der Waals surface area contributed by atoms with Crippen molar-refractivity contribution in [2.24, 2.45) is 0 Å². The third kappa shape index (κ3) is 4.73. The maximum absolute atomic E-state index is 13.2. The number of benzene rings is 2. The lowest BCUT2D eigenvalue weighted by Crippen LogP contribution is -2.42. The number of carbonyl (C=O) groups excluding carboxylic acids is 2. The average Bonchev–Trinajstić information content (AvgIpc) is 3.45. The van der Waals surface area contributed by atoms with Crippen LogP contribution < -0.4 is 10.1 Å². The largest absolute Gasteiger partial charge is 0.413 e. The molecule has 2 aromatic carbocycles. The molecule has 1 aliphatic heterocycles. The van der Waals surface area contributed by atoms with E-state index in [0.29, 0.717) is 36.5 Å². The molecule has 8 nitrogen and oxygen atoms in total. The highest BCUT2D eigenvalue weighted by Gasteiger charge is 2.30. The summed E-state index contributed by atoms with van der Waals surface area (Å²) in [5.41, 5.74) is 3.54. The van der Waals surface area contributed by atoms with Crippen LogP contribution in [-0.4, -0.2) is 43.7 Å². The van der Waals surface area contributed by atoms with Crippen molar-refractivity contribution in [3.8, 4) is 11.4 Å². The molecular formula is C27H27N5O3. The van der Waals surface area contributed by atoms with E-state index in [1.165, 1.54) is 0 Å². The van der Waals surface area contributed by atoms with Gasteiger partial charge in [-0.1, -0.05) is 24.3 Å². The zero-order valence-electron chi connectivity index (χ0n) is 20.0. The lowest BCUT2D eigenvalue weighted by atomic mass is 10.1. The first-order valence-electron chi connectivity index (χ1n) is 11.6. The summed E-state index contributed by atoms with van der Waals surface area (Å²) in [4.78, 5) is 32.2. The monoisotopic (exact) mass is 469 g/mol. The SMILES string of the molecule is CC(C)(C)NC(=O)Oc1cc2ccccc2nc1CCN1Cc2c(cccc2-n2cccn2)C1=O. The Balaban J connectivity index is 1.39. The van der Waals surface area contributed by atoms with Crippen LogP contribution in [0.5, 0.6) is 5.75 Å². The Morgan fingerprint density at radius 3 is 2.71 bits per heavy atom. The molecule has 8 heteroatoms. The number of amides is 2. The van der Waals surface area contributed by atoms with Crippen LogP contribution in [0.3, 0.4) is 0 Å². The van der Waals surface area contributed by atoms with Crippen LogP contribution in [-0.2, 0) is 13.0 Å². The number of carbonyl (C=O) groups is 2. The van der Waals surface area contributed by atoms with Gasteiger partial charge in [-0.3, -0.25) is 4.79 Å². The van der Waals surface area contributed by atoms with Crippen LogP contribution in [0.25, 0.3) is 16.6 Å². The smallest absolute Gasteiger partial charge is 0.408 e. The minimum atomic E-state index is -0.538. The molecule has 0 saturated carbocycles. The number of fused-ring (bicyclic) bond motifs is 2. The van der Waals surface area contributed by atoms with Gasteiger partial charge in [-0.15, -0.1) is 0 Å². The molecule has 0 radical (unpaired) electrons. The molecule has 0 saturated heterocycles. The fraction of sp³-hybridized carbons (Fsp3) is 0.259. The number of hydrogen-bond donors (Lipinski definition) is 1. The van der Waals surface area contributed by atoms with E-state index in [4.69, 9.17) is 9.72 Å². The summed E-state index contributed by atoms with van der Waals surface area (Å²) in [7, 11) is 0. The molecular weight excluding hydrogens is 442 g/mol. The third-order valence-electron chi connectivity index (χ3n) is 5.83. The van der Waals surface area contributed by atoms with Gasteiger partial charge in [0.1, 0.15) is 0 Å². The molecule has 35 heavy (non-hydrogen) atoms. The maximum atomic E-state index is 13.2. The highest BCUT2D eigenvalue weighted by Crippen LogP contribution is 2.29. The van der Waals surface area contributed by atoms with Crippen LogP contribution in [0, 0.1) is 0 Å². The first-order chi connectivity index (χ1) is 16.8. The van der Waals surface area contributed by atoms with Crippen molar-refractivity contribution >= 4 is 22.9 Å². The fourth-order valence-corrected chi connectivity index (χ4v) is 4.26. The molecule has 0 atom stereocenters. The number of rotatable bonds is 5. The molecule has 0 unspecified atom stereocenters. The molecule has 2 amide bonds. The molecule has 2 aromatic heterocycles. The minimum Gasteiger partial charge on any atom is -0.408 e. The molecule has 3 heterocycles. The van der Waals surface area contributed by atoms with E-state index in [0.717, 1.165) is 22.2 Å². The van der Waals surface area contributed by atoms with Crippen LogP contribution in [0.15, 0.2) is 67.0 Å². The summed E-state index contributed by atoms with van der Waals surface area (Å²) in [6, 6.07) is 17.1. The molecule has 1 aliphatic rings. The Morgan fingerprint density at radius 1 is 1.11 bits per heavy atom. The van der Waals surface area contributed by atoms with Crippen molar-refractivity contribution in [1.82, 2.24) is 25.0 Å². The number of nitrogens with zero attached hydrogens (tertiary/aromatic N) is 4. The zero-order chi connectivity index (χ0) is 24.6. The molecule has 178 valence electrons. The predicted molar refractivity (Wildman–Crippen MR) is 133 cm³/mol. The van der Waals surface area contributed by atoms with Crippen molar-refractivity contribution in [2.45, 2.75) is 39.3 Å².